The second-order valence-electron chi connectivity index (χ2n) is 11.9. The van der Waals surface area contributed by atoms with Crippen molar-refractivity contribution in [3.8, 4) is 11.5 Å². The van der Waals surface area contributed by atoms with Crippen LogP contribution in [0.15, 0.2) is 97.1 Å². The molecule has 4 rings (SSSR count). The molecule has 50 heavy (non-hydrogen) atoms. The number of carbonyl (C=O) groups excluding carboxylic acids is 2. The van der Waals surface area contributed by atoms with Gasteiger partial charge < -0.3 is 29.6 Å². The van der Waals surface area contributed by atoms with Gasteiger partial charge in [0, 0.05) is 45.8 Å². The third-order valence-electron chi connectivity index (χ3n) is 7.36. The first-order valence-electron chi connectivity index (χ1n) is 16.9. The Morgan fingerprint density at radius 1 is 0.560 bits per heavy atom. The largest absolute Gasteiger partial charge is 0.489 e. The zero-order valence-corrected chi connectivity index (χ0v) is 30.9. The molecule has 0 fully saturated rings. The fourth-order valence-electron chi connectivity index (χ4n) is 4.84. The highest BCUT2D eigenvalue weighted by atomic mass is 32.2. The van der Waals surface area contributed by atoms with Gasteiger partial charge in [0.25, 0.3) is 0 Å². The fraction of sp³-hybridized carbons (Fsp3) is 0.350. The highest BCUT2D eigenvalue weighted by Crippen LogP contribution is 2.26. The average Bonchev–Trinajstić information content (AvgIpc) is 3.09. The van der Waals surface area contributed by atoms with Gasteiger partial charge in [-0.15, -0.1) is 0 Å². The van der Waals surface area contributed by atoms with Crippen molar-refractivity contribution in [3.63, 3.8) is 0 Å². The summed E-state index contributed by atoms with van der Waals surface area (Å²) in [4.78, 5) is 24.6. The second-order valence-corrected chi connectivity index (χ2v) is 14.3. The molecule has 266 valence electrons. The molecular formula is C40H48N2O6S2. The van der Waals surface area contributed by atoms with Gasteiger partial charge in [-0.25, -0.2) is 0 Å². The third-order valence-corrected chi connectivity index (χ3v) is 9.59. The number of ether oxygens (including phenoxy) is 4. The summed E-state index contributed by atoms with van der Waals surface area (Å²) in [5, 5.41) is 6.75. The molecule has 10 heteroatoms. The van der Waals surface area contributed by atoms with Crippen LogP contribution in [-0.2, 0) is 19.1 Å². The van der Waals surface area contributed by atoms with E-state index in [9.17, 15) is 9.59 Å². The summed E-state index contributed by atoms with van der Waals surface area (Å²) in [5.74, 6) is 4.23. The minimum atomic E-state index is -0.350. The molecule has 0 bridgehead atoms. The maximum Gasteiger partial charge on any atom is 0.307 e. The number of hydrogen-bond donors (Lipinski definition) is 2. The number of aryl methyl sites for hydroxylation is 2. The summed E-state index contributed by atoms with van der Waals surface area (Å²) in [6.45, 7) is 8.24. The molecule has 4 aromatic rings. The molecule has 0 aliphatic rings. The molecule has 2 unspecified atom stereocenters. The van der Waals surface area contributed by atoms with Gasteiger partial charge in [-0.05, 0) is 99.5 Å². The molecule has 8 nitrogen and oxygen atoms in total. The van der Waals surface area contributed by atoms with Gasteiger partial charge in [0.2, 0.25) is 0 Å². The van der Waals surface area contributed by atoms with E-state index in [1.807, 2.05) is 125 Å². The van der Waals surface area contributed by atoms with Gasteiger partial charge in [0.15, 0.2) is 0 Å². The van der Waals surface area contributed by atoms with Gasteiger partial charge in [-0.3, -0.25) is 9.59 Å². The summed E-state index contributed by atoms with van der Waals surface area (Å²) in [6.07, 6.45) is -0.00739. The molecule has 4 aromatic carbocycles. The number of rotatable bonds is 21. The molecule has 0 amide bonds. The Morgan fingerprint density at radius 2 is 0.960 bits per heavy atom. The molecule has 0 aliphatic carbocycles. The molecule has 0 radical (unpaired) electrons. The predicted octanol–water partition coefficient (Wildman–Crippen LogP) is 9.36. The number of esters is 2. The Hall–Kier alpha value is -4.28. The van der Waals surface area contributed by atoms with Crippen molar-refractivity contribution in [2.75, 3.05) is 46.9 Å². The van der Waals surface area contributed by atoms with E-state index in [1.54, 1.807) is 23.5 Å². The molecular weight excluding hydrogens is 669 g/mol. The first kappa shape index (κ1) is 38.5. The van der Waals surface area contributed by atoms with Crippen molar-refractivity contribution in [3.05, 3.63) is 108 Å². The highest BCUT2D eigenvalue weighted by Gasteiger charge is 2.13. The Balaban J connectivity index is 0.989. The van der Waals surface area contributed by atoms with Crippen LogP contribution in [0.25, 0.3) is 0 Å². The Labute approximate surface area is 305 Å². The summed E-state index contributed by atoms with van der Waals surface area (Å²) >= 11 is 3.41. The number of para-hydroxylation sites is 2. The fourth-order valence-corrected chi connectivity index (χ4v) is 6.81. The van der Waals surface area contributed by atoms with Crippen LogP contribution in [0.3, 0.4) is 0 Å². The van der Waals surface area contributed by atoms with Crippen LogP contribution >= 0.6 is 23.5 Å². The van der Waals surface area contributed by atoms with Crippen molar-refractivity contribution in [1.29, 1.82) is 0 Å². The third kappa shape index (κ3) is 14.3. The average molecular weight is 717 g/mol. The topological polar surface area (TPSA) is 95.1 Å². The zero-order chi connectivity index (χ0) is 35.6. The van der Waals surface area contributed by atoms with E-state index in [-0.39, 0.29) is 37.4 Å². The minimum Gasteiger partial charge on any atom is -0.489 e. The van der Waals surface area contributed by atoms with E-state index in [0.717, 1.165) is 56.9 Å². The molecule has 0 saturated heterocycles. The maximum atomic E-state index is 12.3. The standard InChI is InChI=1S/C40H48N2O6S2/c1-29-25-35(41-33-11-7-5-8-12-33)15-17-37(29)45-27-31(3)47-39(43)19-21-49-23-24-50-22-20-40(44)48-32(4)28-46-38-18-16-36(26-30(38)2)42-34-13-9-6-10-14-34/h5-18,25-26,31-32,41-42H,19-24,27-28H2,1-4H3. The summed E-state index contributed by atoms with van der Waals surface area (Å²) < 4.78 is 22.9. The molecule has 0 saturated carbocycles. The van der Waals surface area contributed by atoms with E-state index in [2.05, 4.69) is 10.6 Å². The Morgan fingerprint density at radius 3 is 1.34 bits per heavy atom. The van der Waals surface area contributed by atoms with Gasteiger partial charge >= 0.3 is 11.9 Å². The van der Waals surface area contributed by atoms with E-state index >= 15 is 0 Å². The number of hydrogen-bond acceptors (Lipinski definition) is 10. The Kier molecular flexibility index (Phi) is 16.2. The zero-order valence-electron chi connectivity index (χ0n) is 29.3. The first-order chi connectivity index (χ1) is 24.2. The number of carbonyl (C=O) groups is 2. The van der Waals surface area contributed by atoms with Crippen molar-refractivity contribution in [2.24, 2.45) is 0 Å². The van der Waals surface area contributed by atoms with E-state index in [1.165, 1.54) is 0 Å². The van der Waals surface area contributed by atoms with Crippen LogP contribution in [0.4, 0.5) is 22.7 Å². The molecule has 2 N–H and O–H groups in total. The van der Waals surface area contributed by atoms with Gasteiger partial charge in [-0.2, -0.15) is 23.5 Å². The summed E-state index contributed by atoms with van der Waals surface area (Å²) in [6, 6.07) is 31.9. The molecule has 0 aromatic heterocycles. The lowest BCUT2D eigenvalue weighted by Gasteiger charge is -2.16. The molecule has 0 spiro atoms. The minimum absolute atomic E-state index is 0.228. The number of anilines is 4. The lowest BCUT2D eigenvalue weighted by atomic mass is 10.2. The van der Waals surface area contributed by atoms with Crippen LogP contribution in [0.1, 0.15) is 37.8 Å². The van der Waals surface area contributed by atoms with Crippen LogP contribution < -0.4 is 20.1 Å². The summed E-state index contributed by atoms with van der Waals surface area (Å²) in [7, 11) is 0. The van der Waals surface area contributed by atoms with Gasteiger partial charge in [0.05, 0.1) is 12.8 Å². The summed E-state index contributed by atoms with van der Waals surface area (Å²) in [5.41, 5.74) is 6.01. The van der Waals surface area contributed by atoms with Crippen molar-refractivity contribution in [1.82, 2.24) is 0 Å². The van der Waals surface area contributed by atoms with Crippen molar-refractivity contribution >= 4 is 58.2 Å². The smallest absolute Gasteiger partial charge is 0.307 e. The predicted molar refractivity (Wildman–Crippen MR) is 208 cm³/mol. The molecule has 0 heterocycles. The molecule has 2 atom stereocenters. The maximum absolute atomic E-state index is 12.3. The first-order valence-corrected chi connectivity index (χ1v) is 19.2. The normalized spacial score (nSPS) is 12.0. The Bertz CT molecular complexity index is 1500. The van der Waals surface area contributed by atoms with E-state index in [0.29, 0.717) is 24.3 Å². The lowest BCUT2D eigenvalue weighted by molar-refractivity contribution is -0.150. The van der Waals surface area contributed by atoms with Crippen LogP contribution in [0.5, 0.6) is 11.5 Å². The number of thioether (sulfide) groups is 2. The van der Waals surface area contributed by atoms with Gasteiger partial charge in [0.1, 0.15) is 36.9 Å². The second kappa shape index (κ2) is 21.1. The van der Waals surface area contributed by atoms with E-state index < -0.39 is 0 Å². The van der Waals surface area contributed by atoms with E-state index in [4.69, 9.17) is 18.9 Å². The van der Waals surface area contributed by atoms with Crippen LogP contribution in [-0.4, -0.2) is 60.4 Å². The number of benzene rings is 4. The molecule has 0 aliphatic heterocycles. The SMILES string of the molecule is Cc1cc(Nc2ccccc2)ccc1OCC(C)OC(=O)CCSCCSCCC(=O)OC(C)COc1ccc(Nc2ccccc2)cc1C. The lowest BCUT2D eigenvalue weighted by Crippen LogP contribution is -2.22. The van der Waals surface area contributed by atoms with Crippen LogP contribution in [0, 0.1) is 13.8 Å². The van der Waals surface area contributed by atoms with Gasteiger partial charge in [-0.1, -0.05) is 36.4 Å². The quantitative estimate of drug-likeness (QED) is 0.0642. The van der Waals surface area contributed by atoms with Crippen LogP contribution in [0.2, 0.25) is 0 Å². The van der Waals surface area contributed by atoms with Crippen molar-refractivity contribution < 1.29 is 28.5 Å². The highest BCUT2D eigenvalue weighted by molar-refractivity contribution is 8.02. The number of nitrogens with one attached hydrogen (secondary N) is 2. The monoisotopic (exact) mass is 716 g/mol. The van der Waals surface area contributed by atoms with Crippen molar-refractivity contribution in [2.45, 2.75) is 52.7 Å².